The molecule has 0 saturated carbocycles. The number of methoxy groups -OCH3 is 2. The van der Waals surface area contributed by atoms with Gasteiger partial charge < -0.3 is 20.1 Å². The Hall–Kier alpha value is -0.720. The first-order valence-electron chi connectivity index (χ1n) is 5.16. The number of carbonyl (C=O) groups is 1. The first kappa shape index (κ1) is 15.3. The van der Waals surface area contributed by atoms with Gasteiger partial charge in [0.15, 0.2) is 0 Å². The molecule has 5 nitrogen and oxygen atoms in total. The molecule has 16 heavy (non-hydrogen) atoms. The van der Waals surface area contributed by atoms with Gasteiger partial charge in [-0.25, -0.2) is 0 Å². The molecule has 2 N–H and O–H groups in total. The van der Waals surface area contributed by atoms with Crippen molar-refractivity contribution >= 4 is 23.2 Å². The van der Waals surface area contributed by atoms with Crippen LogP contribution in [-0.2, 0) is 14.3 Å². The number of esters is 1. The fourth-order valence-electron chi connectivity index (χ4n) is 1.18. The number of carbonyl (C=O) groups excluding carboxylic acids is 1. The van der Waals surface area contributed by atoms with Gasteiger partial charge in [0.25, 0.3) is 0 Å². The molecule has 0 aliphatic carbocycles. The van der Waals surface area contributed by atoms with E-state index in [0.29, 0.717) is 31.0 Å². The van der Waals surface area contributed by atoms with Crippen molar-refractivity contribution in [2.45, 2.75) is 12.8 Å². The maximum absolute atomic E-state index is 11.0. The lowest BCUT2D eigenvalue weighted by Crippen LogP contribution is -2.32. The molecule has 0 bridgehead atoms. The fourth-order valence-corrected chi connectivity index (χ4v) is 1.27. The highest BCUT2D eigenvalue weighted by atomic mass is 32.1. The summed E-state index contributed by atoms with van der Waals surface area (Å²) in [6, 6.07) is 0. The molecule has 0 amide bonds. The van der Waals surface area contributed by atoms with Crippen molar-refractivity contribution in [1.82, 2.24) is 4.90 Å². The third kappa shape index (κ3) is 8.58. The molecule has 0 aromatic rings. The van der Waals surface area contributed by atoms with E-state index in [4.69, 9.17) is 22.7 Å². The predicted molar refractivity (Wildman–Crippen MR) is 66.4 cm³/mol. The summed E-state index contributed by atoms with van der Waals surface area (Å²) in [5.74, 6) is -0.210. The highest BCUT2D eigenvalue weighted by molar-refractivity contribution is 7.80. The van der Waals surface area contributed by atoms with E-state index in [1.807, 2.05) is 0 Å². The predicted octanol–water partition coefficient (Wildman–Crippen LogP) is 0.174. The molecule has 0 atom stereocenters. The highest BCUT2D eigenvalue weighted by Crippen LogP contribution is 1.96. The van der Waals surface area contributed by atoms with E-state index in [2.05, 4.69) is 9.64 Å². The van der Waals surface area contributed by atoms with Crippen LogP contribution in [0.4, 0.5) is 0 Å². The number of thiocarbonyl (C=S) groups is 1. The number of nitrogens with zero attached hydrogens (tertiary/aromatic N) is 1. The van der Waals surface area contributed by atoms with Crippen LogP contribution in [0, 0.1) is 0 Å². The second kappa shape index (κ2) is 9.50. The van der Waals surface area contributed by atoms with Crippen LogP contribution >= 0.6 is 12.2 Å². The van der Waals surface area contributed by atoms with Gasteiger partial charge in [0.1, 0.15) is 0 Å². The average molecular weight is 248 g/mol. The summed E-state index contributed by atoms with van der Waals surface area (Å²) in [5.41, 5.74) is 5.43. The molecular weight excluding hydrogens is 228 g/mol. The van der Waals surface area contributed by atoms with Gasteiger partial charge in [-0.1, -0.05) is 12.2 Å². The van der Waals surface area contributed by atoms with Crippen LogP contribution in [-0.4, -0.2) is 56.3 Å². The van der Waals surface area contributed by atoms with Crippen LogP contribution in [0.3, 0.4) is 0 Å². The van der Waals surface area contributed by atoms with Gasteiger partial charge in [-0.2, -0.15) is 0 Å². The lowest BCUT2D eigenvalue weighted by molar-refractivity contribution is -0.141. The Morgan fingerprint density at radius 3 is 2.38 bits per heavy atom. The Morgan fingerprint density at radius 1 is 1.25 bits per heavy atom. The monoisotopic (exact) mass is 248 g/mol. The Morgan fingerprint density at radius 2 is 1.88 bits per heavy atom. The molecule has 0 saturated heterocycles. The maximum atomic E-state index is 11.0. The summed E-state index contributed by atoms with van der Waals surface area (Å²) in [4.78, 5) is 13.6. The molecule has 0 fully saturated rings. The SMILES string of the molecule is COCCN(CCC(=O)OC)CCC(N)=S. The Labute approximate surface area is 102 Å². The van der Waals surface area contributed by atoms with E-state index in [9.17, 15) is 4.79 Å². The van der Waals surface area contributed by atoms with Crippen LogP contribution in [0.5, 0.6) is 0 Å². The number of hydrogen-bond donors (Lipinski definition) is 1. The standard InChI is InChI=1S/C10H20N2O3S/c1-14-8-7-12(5-3-9(11)16)6-4-10(13)15-2/h3-8H2,1-2H3,(H2,11,16). The summed E-state index contributed by atoms with van der Waals surface area (Å²) in [6.07, 6.45) is 1.03. The van der Waals surface area contributed by atoms with Crippen molar-refractivity contribution in [2.75, 3.05) is 40.5 Å². The lowest BCUT2D eigenvalue weighted by Gasteiger charge is -2.20. The highest BCUT2D eigenvalue weighted by Gasteiger charge is 2.08. The van der Waals surface area contributed by atoms with Crippen molar-refractivity contribution in [2.24, 2.45) is 5.73 Å². The summed E-state index contributed by atoms with van der Waals surface area (Å²) in [5, 5.41) is 0. The maximum Gasteiger partial charge on any atom is 0.306 e. The van der Waals surface area contributed by atoms with E-state index in [0.717, 1.165) is 13.1 Å². The Balaban J connectivity index is 3.88. The number of nitrogens with two attached hydrogens (primary N) is 1. The van der Waals surface area contributed by atoms with Gasteiger partial charge in [-0.05, 0) is 0 Å². The molecule has 0 spiro atoms. The van der Waals surface area contributed by atoms with Gasteiger partial charge in [-0.15, -0.1) is 0 Å². The van der Waals surface area contributed by atoms with Crippen molar-refractivity contribution in [3.63, 3.8) is 0 Å². The largest absolute Gasteiger partial charge is 0.469 e. The van der Waals surface area contributed by atoms with Gasteiger partial charge >= 0.3 is 5.97 Å². The summed E-state index contributed by atoms with van der Waals surface area (Å²) < 4.78 is 9.57. The molecule has 6 heteroatoms. The first-order chi connectivity index (χ1) is 7.60. The molecule has 0 aliphatic rings. The van der Waals surface area contributed by atoms with Crippen LogP contribution in [0.15, 0.2) is 0 Å². The molecule has 0 rings (SSSR count). The average Bonchev–Trinajstić information content (AvgIpc) is 2.27. The Bertz CT molecular complexity index is 224. The lowest BCUT2D eigenvalue weighted by atomic mass is 10.3. The normalized spacial score (nSPS) is 10.4. The van der Waals surface area contributed by atoms with Gasteiger partial charge in [0.2, 0.25) is 0 Å². The molecule has 0 aromatic heterocycles. The third-order valence-corrected chi connectivity index (χ3v) is 2.35. The second-order valence-electron chi connectivity index (χ2n) is 3.38. The zero-order valence-electron chi connectivity index (χ0n) is 9.90. The van der Waals surface area contributed by atoms with E-state index in [1.54, 1.807) is 7.11 Å². The van der Waals surface area contributed by atoms with E-state index in [-0.39, 0.29) is 5.97 Å². The Kier molecular flexibility index (Phi) is 9.07. The van der Waals surface area contributed by atoms with Crippen molar-refractivity contribution < 1.29 is 14.3 Å². The van der Waals surface area contributed by atoms with Crippen LogP contribution in [0.2, 0.25) is 0 Å². The van der Waals surface area contributed by atoms with Gasteiger partial charge in [0, 0.05) is 33.2 Å². The van der Waals surface area contributed by atoms with E-state index < -0.39 is 0 Å². The topological polar surface area (TPSA) is 64.8 Å². The molecule has 0 unspecified atom stereocenters. The summed E-state index contributed by atoms with van der Waals surface area (Å²) in [7, 11) is 3.03. The number of ether oxygens (including phenoxy) is 2. The van der Waals surface area contributed by atoms with Crippen molar-refractivity contribution in [1.29, 1.82) is 0 Å². The van der Waals surface area contributed by atoms with Crippen molar-refractivity contribution in [3.05, 3.63) is 0 Å². The zero-order valence-corrected chi connectivity index (χ0v) is 10.7. The summed E-state index contributed by atoms with van der Waals surface area (Å²) in [6.45, 7) is 2.77. The van der Waals surface area contributed by atoms with Crippen LogP contribution in [0.25, 0.3) is 0 Å². The smallest absolute Gasteiger partial charge is 0.306 e. The fraction of sp³-hybridized carbons (Fsp3) is 0.800. The third-order valence-electron chi connectivity index (χ3n) is 2.15. The molecule has 0 aromatic carbocycles. The van der Waals surface area contributed by atoms with Crippen LogP contribution < -0.4 is 5.73 Å². The first-order valence-corrected chi connectivity index (χ1v) is 5.57. The summed E-state index contributed by atoms with van der Waals surface area (Å²) >= 11 is 4.81. The molecule has 0 radical (unpaired) electrons. The molecular formula is C10H20N2O3S. The van der Waals surface area contributed by atoms with Crippen LogP contribution in [0.1, 0.15) is 12.8 Å². The molecule has 0 heterocycles. The minimum Gasteiger partial charge on any atom is -0.469 e. The quantitative estimate of drug-likeness (QED) is 0.464. The number of hydrogen-bond acceptors (Lipinski definition) is 5. The minimum absolute atomic E-state index is 0.210. The zero-order chi connectivity index (χ0) is 12.4. The van der Waals surface area contributed by atoms with E-state index in [1.165, 1.54) is 7.11 Å². The second-order valence-corrected chi connectivity index (χ2v) is 3.90. The molecule has 0 aliphatic heterocycles. The van der Waals surface area contributed by atoms with Gasteiger partial charge in [-0.3, -0.25) is 4.79 Å². The van der Waals surface area contributed by atoms with Gasteiger partial charge in [0.05, 0.1) is 25.1 Å². The number of rotatable bonds is 9. The van der Waals surface area contributed by atoms with Crippen molar-refractivity contribution in [3.8, 4) is 0 Å². The minimum atomic E-state index is -0.210. The molecule has 94 valence electrons. The van der Waals surface area contributed by atoms with E-state index >= 15 is 0 Å².